The molecule has 0 N–H and O–H groups in total. The topological polar surface area (TPSA) is 54.0 Å². The van der Waals surface area contributed by atoms with Crippen LogP contribution in [0, 0.1) is 13.8 Å². The molecule has 3 aromatic carbocycles. The second kappa shape index (κ2) is 10.2. The first-order valence-corrected chi connectivity index (χ1v) is 11.8. The predicted molar refractivity (Wildman–Crippen MR) is 134 cm³/mol. The number of hydrogen-bond donors (Lipinski definition) is 0. The molecule has 5 rings (SSSR count). The standard InChI is InChI=1S/C30H28O5/c1-20-8-12-23(13-9-20)32-19-29-28(33-24-14-10-21(2)11-15-24)17-25(34-29)16-27-26(18-30(31)35-27)22-6-4-3-5-7-22/h3-16,18,25,28-29H,17,19H2,1-2H3/b27-16-/t25-,28+,29-/m1/s1. The smallest absolute Gasteiger partial charge is 0.336 e. The predicted octanol–water partition coefficient (Wildman–Crippen LogP) is 5.81. The number of hydrogen-bond acceptors (Lipinski definition) is 5. The summed E-state index contributed by atoms with van der Waals surface area (Å²) < 4.78 is 24.2. The van der Waals surface area contributed by atoms with Gasteiger partial charge in [-0.25, -0.2) is 4.79 Å². The van der Waals surface area contributed by atoms with E-state index < -0.39 is 0 Å². The molecule has 0 spiro atoms. The first-order chi connectivity index (χ1) is 17.0. The van der Waals surface area contributed by atoms with Crippen LogP contribution in [0.4, 0.5) is 0 Å². The van der Waals surface area contributed by atoms with Crippen molar-refractivity contribution in [3.8, 4) is 11.5 Å². The summed E-state index contributed by atoms with van der Waals surface area (Å²) >= 11 is 0. The lowest BCUT2D eigenvalue weighted by Crippen LogP contribution is -2.32. The molecule has 5 nitrogen and oxygen atoms in total. The van der Waals surface area contributed by atoms with Gasteiger partial charge >= 0.3 is 5.97 Å². The summed E-state index contributed by atoms with van der Waals surface area (Å²) in [5.74, 6) is 1.71. The minimum Gasteiger partial charge on any atom is -0.491 e. The molecule has 0 aliphatic carbocycles. The molecule has 3 aromatic rings. The fourth-order valence-electron chi connectivity index (χ4n) is 4.25. The summed E-state index contributed by atoms with van der Waals surface area (Å²) in [4.78, 5) is 12.1. The third-order valence-corrected chi connectivity index (χ3v) is 6.13. The highest BCUT2D eigenvalue weighted by atomic mass is 16.6. The Hall–Kier alpha value is -3.83. The number of cyclic esters (lactones) is 1. The number of carbonyl (C=O) groups is 1. The fourth-order valence-corrected chi connectivity index (χ4v) is 4.25. The molecule has 2 aliphatic heterocycles. The van der Waals surface area contributed by atoms with Crippen LogP contribution in [0.1, 0.15) is 23.1 Å². The zero-order valence-corrected chi connectivity index (χ0v) is 19.8. The molecule has 0 saturated carbocycles. The molecular formula is C30H28O5. The maximum absolute atomic E-state index is 12.1. The molecule has 2 aliphatic rings. The molecule has 1 fully saturated rings. The molecule has 178 valence electrons. The van der Waals surface area contributed by atoms with Gasteiger partial charge in [-0.3, -0.25) is 0 Å². The molecule has 0 unspecified atom stereocenters. The van der Waals surface area contributed by atoms with Gasteiger partial charge in [0.15, 0.2) is 0 Å². The highest BCUT2D eigenvalue weighted by Crippen LogP contribution is 2.33. The first kappa shape index (κ1) is 22.9. The normalized spacial score (nSPS) is 22.7. The van der Waals surface area contributed by atoms with Crippen molar-refractivity contribution in [3.05, 3.63) is 113 Å². The van der Waals surface area contributed by atoms with E-state index in [2.05, 4.69) is 0 Å². The Morgan fingerprint density at radius 3 is 2.23 bits per heavy atom. The highest BCUT2D eigenvalue weighted by Gasteiger charge is 2.38. The molecule has 0 radical (unpaired) electrons. The van der Waals surface area contributed by atoms with E-state index >= 15 is 0 Å². The zero-order valence-electron chi connectivity index (χ0n) is 19.8. The average Bonchev–Trinajstić information content (AvgIpc) is 3.43. The minimum absolute atomic E-state index is 0.216. The van der Waals surface area contributed by atoms with Crippen molar-refractivity contribution in [2.45, 2.75) is 38.6 Å². The van der Waals surface area contributed by atoms with E-state index in [4.69, 9.17) is 18.9 Å². The molecule has 0 amide bonds. The Morgan fingerprint density at radius 2 is 1.54 bits per heavy atom. The Labute approximate surface area is 205 Å². The minimum atomic E-state index is -0.375. The fraction of sp³-hybridized carbons (Fsp3) is 0.233. The summed E-state index contributed by atoms with van der Waals surface area (Å²) in [5, 5.41) is 0. The number of aryl methyl sites for hydroxylation is 2. The van der Waals surface area contributed by atoms with E-state index in [1.807, 2.05) is 98.8 Å². The van der Waals surface area contributed by atoms with Gasteiger partial charge in [-0.05, 0) is 49.8 Å². The van der Waals surface area contributed by atoms with Gasteiger partial charge in [0.2, 0.25) is 0 Å². The van der Waals surface area contributed by atoms with E-state index in [9.17, 15) is 4.79 Å². The van der Waals surface area contributed by atoms with Gasteiger partial charge in [0.05, 0.1) is 6.10 Å². The molecule has 5 heteroatoms. The van der Waals surface area contributed by atoms with Crippen LogP contribution in [0.3, 0.4) is 0 Å². The number of benzene rings is 3. The maximum Gasteiger partial charge on any atom is 0.336 e. The summed E-state index contributed by atoms with van der Waals surface area (Å²) in [6.07, 6.45) is 3.21. The average molecular weight is 469 g/mol. The van der Waals surface area contributed by atoms with E-state index in [0.29, 0.717) is 18.8 Å². The summed E-state index contributed by atoms with van der Waals surface area (Å²) in [6, 6.07) is 25.7. The quantitative estimate of drug-likeness (QED) is 0.410. The van der Waals surface area contributed by atoms with Crippen molar-refractivity contribution in [3.63, 3.8) is 0 Å². The molecule has 1 saturated heterocycles. The SMILES string of the molecule is Cc1ccc(OC[C@H]2O[C@H](/C=C3\OC(=O)C=C3c3ccccc3)C[C@@H]2Oc2ccc(C)cc2)cc1. The number of rotatable bonds is 7. The van der Waals surface area contributed by atoms with Crippen molar-refractivity contribution in [1.82, 2.24) is 0 Å². The lowest BCUT2D eigenvalue weighted by atomic mass is 10.0. The number of carbonyl (C=O) groups excluding carboxylic acids is 1. The zero-order chi connectivity index (χ0) is 24.2. The Balaban J connectivity index is 1.34. The summed E-state index contributed by atoms with van der Waals surface area (Å²) in [7, 11) is 0. The van der Waals surface area contributed by atoms with Gasteiger partial charge in [-0.15, -0.1) is 0 Å². The van der Waals surface area contributed by atoms with E-state index in [-0.39, 0.29) is 24.3 Å². The molecule has 35 heavy (non-hydrogen) atoms. The van der Waals surface area contributed by atoms with Crippen molar-refractivity contribution in [2.24, 2.45) is 0 Å². The summed E-state index contributed by atoms with van der Waals surface area (Å²) in [5.41, 5.74) is 4.03. The number of ether oxygens (including phenoxy) is 4. The van der Waals surface area contributed by atoms with Crippen molar-refractivity contribution in [2.75, 3.05) is 6.61 Å². The van der Waals surface area contributed by atoms with Crippen molar-refractivity contribution >= 4 is 11.5 Å². The van der Waals surface area contributed by atoms with Crippen LogP contribution < -0.4 is 9.47 Å². The number of esters is 1. The lowest BCUT2D eigenvalue weighted by molar-refractivity contribution is -0.132. The van der Waals surface area contributed by atoms with Crippen LogP contribution in [0.25, 0.3) is 5.57 Å². The van der Waals surface area contributed by atoms with E-state index in [1.54, 1.807) is 0 Å². The van der Waals surface area contributed by atoms with Crippen molar-refractivity contribution < 1.29 is 23.7 Å². The Bertz CT molecular complexity index is 1230. The van der Waals surface area contributed by atoms with Crippen LogP contribution in [-0.4, -0.2) is 30.9 Å². The third kappa shape index (κ3) is 5.64. The van der Waals surface area contributed by atoms with Gasteiger partial charge in [0.25, 0.3) is 0 Å². The molecule has 3 atom stereocenters. The van der Waals surface area contributed by atoms with Crippen LogP contribution >= 0.6 is 0 Å². The van der Waals surface area contributed by atoms with Crippen LogP contribution in [-0.2, 0) is 14.3 Å². The van der Waals surface area contributed by atoms with Gasteiger partial charge in [0.1, 0.15) is 36.1 Å². The maximum atomic E-state index is 12.1. The van der Waals surface area contributed by atoms with Gasteiger partial charge in [0, 0.05) is 18.1 Å². The lowest BCUT2D eigenvalue weighted by Gasteiger charge is -2.20. The van der Waals surface area contributed by atoms with E-state index in [0.717, 1.165) is 22.6 Å². The molecule has 0 bridgehead atoms. The summed E-state index contributed by atoms with van der Waals surface area (Å²) in [6.45, 7) is 4.44. The number of allylic oxidation sites excluding steroid dienone is 1. The molecular weight excluding hydrogens is 440 g/mol. The Morgan fingerprint density at radius 1 is 0.886 bits per heavy atom. The first-order valence-electron chi connectivity index (χ1n) is 11.8. The monoisotopic (exact) mass is 468 g/mol. The third-order valence-electron chi connectivity index (χ3n) is 6.13. The molecule has 2 heterocycles. The van der Waals surface area contributed by atoms with E-state index in [1.165, 1.54) is 17.2 Å². The van der Waals surface area contributed by atoms with Crippen molar-refractivity contribution in [1.29, 1.82) is 0 Å². The van der Waals surface area contributed by atoms with Crippen LogP contribution in [0.15, 0.2) is 96.8 Å². The second-order valence-electron chi connectivity index (χ2n) is 8.92. The Kier molecular flexibility index (Phi) is 6.68. The van der Waals surface area contributed by atoms with Gasteiger partial charge in [-0.1, -0.05) is 65.7 Å². The van der Waals surface area contributed by atoms with Crippen LogP contribution in [0.2, 0.25) is 0 Å². The molecule has 0 aromatic heterocycles. The van der Waals surface area contributed by atoms with Gasteiger partial charge in [-0.2, -0.15) is 0 Å². The highest BCUT2D eigenvalue weighted by molar-refractivity contribution is 6.01. The largest absolute Gasteiger partial charge is 0.491 e. The van der Waals surface area contributed by atoms with Gasteiger partial charge < -0.3 is 18.9 Å². The second-order valence-corrected chi connectivity index (χ2v) is 8.92. The van der Waals surface area contributed by atoms with Crippen LogP contribution in [0.5, 0.6) is 11.5 Å².